The Morgan fingerprint density at radius 1 is 1.03 bits per heavy atom. The second-order valence-electron chi connectivity index (χ2n) is 9.63. The lowest BCUT2D eigenvalue weighted by Crippen LogP contribution is -2.64. The first-order chi connectivity index (χ1) is 16.8. The number of rotatable bonds is 7. The molecule has 1 aliphatic heterocycles. The highest BCUT2D eigenvalue weighted by atomic mass is 16.5. The first-order valence-corrected chi connectivity index (χ1v) is 11.8. The monoisotopic (exact) mass is 476 g/mol. The fraction of sp³-hybridized carbons (Fsp3) is 0.370. The second-order valence-corrected chi connectivity index (χ2v) is 9.63. The van der Waals surface area contributed by atoms with Crippen LogP contribution < -0.4 is 5.32 Å². The number of nitrogens with one attached hydrogen (secondary N) is 1. The van der Waals surface area contributed by atoms with Gasteiger partial charge in [0.2, 0.25) is 5.91 Å². The van der Waals surface area contributed by atoms with E-state index >= 15 is 0 Å². The molecule has 2 unspecified atom stereocenters. The Morgan fingerprint density at radius 3 is 2.29 bits per heavy atom. The quantitative estimate of drug-likeness (QED) is 0.595. The van der Waals surface area contributed by atoms with Crippen LogP contribution in [0.15, 0.2) is 60.7 Å². The van der Waals surface area contributed by atoms with E-state index in [0.29, 0.717) is 19.5 Å². The van der Waals surface area contributed by atoms with Gasteiger partial charge in [0.15, 0.2) is 0 Å². The number of carbonyl (C=O) groups is 3. The summed E-state index contributed by atoms with van der Waals surface area (Å²) in [7, 11) is 0. The molecule has 0 aromatic heterocycles. The van der Waals surface area contributed by atoms with Gasteiger partial charge in [-0.3, -0.25) is 4.79 Å². The summed E-state index contributed by atoms with van der Waals surface area (Å²) in [6.07, 6.45) is 3.59. The van der Waals surface area contributed by atoms with Crippen LogP contribution in [0.3, 0.4) is 0 Å². The maximum atomic E-state index is 12.8. The zero-order valence-corrected chi connectivity index (χ0v) is 19.5. The maximum Gasteiger partial charge on any atom is 0.407 e. The van der Waals surface area contributed by atoms with E-state index < -0.39 is 17.7 Å². The highest BCUT2D eigenvalue weighted by Gasteiger charge is 2.44. The van der Waals surface area contributed by atoms with E-state index in [2.05, 4.69) is 29.6 Å². The van der Waals surface area contributed by atoms with Crippen molar-refractivity contribution < 1.29 is 29.0 Å². The molecule has 0 radical (unpaired) electrons. The van der Waals surface area contributed by atoms with Crippen LogP contribution in [0, 0.1) is 5.92 Å². The predicted molar refractivity (Wildman–Crippen MR) is 128 cm³/mol. The molecule has 182 valence electrons. The number of carboxylic acid groups (broad SMARTS) is 1. The average molecular weight is 477 g/mol. The molecule has 0 saturated carbocycles. The molecule has 2 aliphatic carbocycles. The van der Waals surface area contributed by atoms with Crippen LogP contribution in [0.25, 0.3) is 11.1 Å². The van der Waals surface area contributed by atoms with Gasteiger partial charge >= 0.3 is 12.1 Å². The molecule has 1 fully saturated rings. The molecule has 0 bridgehead atoms. The number of nitrogens with zero attached hydrogens (tertiary/aromatic N) is 1. The highest BCUT2D eigenvalue weighted by Crippen LogP contribution is 2.44. The minimum absolute atomic E-state index is 0.00864. The van der Waals surface area contributed by atoms with Crippen LogP contribution in [0.4, 0.5) is 4.79 Å². The van der Waals surface area contributed by atoms with Crippen molar-refractivity contribution in [1.29, 1.82) is 0 Å². The summed E-state index contributed by atoms with van der Waals surface area (Å²) >= 11 is 0. The highest BCUT2D eigenvalue weighted by molar-refractivity contribution is 5.83. The van der Waals surface area contributed by atoms with E-state index in [-0.39, 0.29) is 37.0 Å². The summed E-state index contributed by atoms with van der Waals surface area (Å²) in [5.74, 6) is -1.42. The topological polar surface area (TPSA) is 105 Å². The lowest BCUT2D eigenvalue weighted by atomic mass is 9.93. The van der Waals surface area contributed by atoms with E-state index in [1.54, 1.807) is 11.8 Å². The number of benzene rings is 2. The summed E-state index contributed by atoms with van der Waals surface area (Å²) < 4.78 is 11.0. The molecule has 8 nitrogen and oxygen atoms in total. The van der Waals surface area contributed by atoms with Crippen LogP contribution in [-0.2, 0) is 19.1 Å². The summed E-state index contributed by atoms with van der Waals surface area (Å²) in [6.45, 7) is 2.36. The van der Waals surface area contributed by atoms with Crippen LogP contribution in [0.1, 0.15) is 30.4 Å². The molecule has 2 N–H and O–H groups in total. The molecule has 5 rings (SSSR count). The zero-order valence-electron chi connectivity index (χ0n) is 19.5. The van der Waals surface area contributed by atoms with Gasteiger partial charge in [0.05, 0.1) is 25.0 Å². The van der Waals surface area contributed by atoms with E-state index in [0.717, 1.165) is 11.1 Å². The number of hydrogen-bond donors (Lipinski definition) is 2. The van der Waals surface area contributed by atoms with Crippen LogP contribution in [-0.4, -0.2) is 65.9 Å². The first kappa shape index (κ1) is 23.1. The summed E-state index contributed by atoms with van der Waals surface area (Å²) in [4.78, 5) is 37.7. The lowest BCUT2D eigenvalue weighted by Gasteiger charge is -2.48. The van der Waals surface area contributed by atoms with Gasteiger partial charge in [-0.05, 0) is 35.6 Å². The van der Waals surface area contributed by atoms with Crippen molar-refractivity contribution in [3.63, 3.8) is 0 Å². The van der Waals surface area contributed by atoms with Crippen molar-refractivity contribution in [2.45, 2.75) is 30.9 Å². The van der Waals surface area contributed by atoms with Crippen molar-refractivity contribution in [2.75, 3.05) is 26.3 Å². The smallest absolute Gasteiger partial charge is 0.407 e. The molecule has 2 amide bonds. The van der Waals surface area contributed by atoms with Crippen LogP contribution >= 0.6 is 0 Å². The Labute approximate surface area is 203 Å². The van der Waals surface area contributed by atoms with Gasteiger partial charge < -0.3 is 24.8 Å². The molecule has 2 aromatic carbocycles. The molecule has 1 heterocycles. The summed E-state index contributed by atoms with van der Waals surface area (Å²) in [6, 6.07) is 16.1. The van der Waals surface area contributed by atoms with E-state index in [1.165, 1.54) is 11.1 Å². The Kier molecular flexibility index (Phi) is 6.06. The summed E-state index contributed by atoms with van der Waals surface area (Å²) in [5, 5.41) is 11.6. The summed E-state index contributed by atoms with van der Waals surface area (Å²) in [5.41, 5.74) is 4.03. The third-order valence-electron chi connectivity index (χ3n) is 6.95. The maximum absolute atomic E-state index is 12.8. The Hall–Kier alpha value is -3.65. The van der Waals surface area contributed by atoms with Gasteiger partial charge in [-0.15, -0.1) is 0 Å². The number of fused-ring (bicyclic) bond motifs is 3. The van der Waals surface area contributed by atoms with Gasteiger partial charge in [0.25, 0.3) is 0 Å². The fourth-order valence-corrected chi connectivity index (χ4v) is 5.26. The van der Waals surface area contributed by atoms with Gasteiger partial charge in [-0.25, -0.2) is 9.59 Å². The molecular formula is C27H28N2O6. The molecule has 1 saturated heterocycles. The Morgan fingerprint density at radius 2 is 1.66 bits per heavy atom. The van der Waals surface area contributed by atoms with Crippen LogP contribution in [0.5, 0.6) is 0 Å². The van der Waals surface area contributed by atoms with E-state index in [4.69, 9.17) is 14.6 Å². The normalized spacial score (nSPS) is 21.7. The van der Waals surface area contributed by atoms with E-state index in [9.17, 15) is 14.4 Å². The third-order valence-corrected chi connectivity index (χ3v) is 6.95. The van der Waals surface area contributed by atoms with Crippen molar-refractivity contribution in [3.05, 3.63) is 71.8 Å². The lowest BCUT2D eigenvalue weighted by molar-refractivity contribution is -0.174. The second kappa shape index (κ2) is 9.19. The zero-order chi connectivity index (χ0) is 24.6. The van der Waals surface area contributed by atoms with Crippen LogP contribution in [0.2, 0.25) is 0 Å². The minimum Gasteiger partial charge on any atom is -0.480 e. The molecule has 2 aromatic rings. The number of ether oxygens (including phenoxy) is 2. The van der Waals surface area contributed by atoms with Crippen molar-refractivity contribution in [1.82, 2.24) is 10.2 Å². The standard InChI is InChI=1S/C27H28N2O6/c1-27(35-14-24(30)31)15-29(16-27)25(32)17-10-11-18(12-17)28-26(33)34-13-23-21-8-4-2-6-19(21)20-7-3-5-9-22(20)23/h2-11,17-18,23H,12-16H2,1H3,(H,28,33)(H,30,31). The molecule has 0 spiro atoms. The van der Waals surface area contributed by atoms with Crippen molar-refractivity contribution in [3.8, 4) is 11.1 Å². The largest absolute Gasteiger partial charge is 0.480 e. The molecular weight excluding hydrogens is 448 g/mol. The Bertz CT molecular complexity index is 1140. The molecule has 3 aliphatic rings. The molecule has 8 heteroatoms. The number of carbonyl (C=O) groups excluding carboxylic acids is 2. The van der Waals surface area contributed by atoms with Crippen molar-refractivity contribution >= 4 is 18.0 Å². The number of likely N-dealkylation sites (tertiary alicyclic amines) is 1. The minimum atomic E-state index is -1.03. The SMILES string of the molecule is CC1(OCC(=O)O)CN(C(=O)C2C=CC(NC(=O)OCC3c4ccccc4-c4ccccc43)C2)C1. The number of alkyl carbamates (subject to hydrolysis) is 1. The van der Waals surface area contributed by atoms with Gasteiger partial charge in [0.1, 0.15) is 18.8 Å². The molecule has 2 atom stereocenters. The number of amides is 2. The average Bonchev–Trinajstić information content (AvgIpc) is 3.42. The number of carboxylic acids is 1. The first-order valence-electron chi connectivity index (χ1n) is 11.8. The predicted octanol–water partition coefficient (Wildman–Crippen LogP) is 3.17. The van der Waals surface area contributed by atoms with E-state index in [1.807, 2.05) is 36.4 Å². The third kappa shape index (κ3) is 4.66. The fourth-order valence-electron chi connectivity index (χ4n) is 5.26. The van der Waals surface area contributed by atoms with Crippen molar-refractivity contribution in [2.24, 2.45) is 5.92 Å². The number of hydrogen-bond acceptors (Lipinski definition) is 5. The number of aliphatic carboxylic acids is 1. The van der Waals surface area contributed by atoms with Gasteiger partial charge in [0, 0.05) is 5.92 Å². The van der Waals surface area contributed by atoms with Gasteiger partial charge in [-0.2, -0.15) is 0 Å². The van der Waals surface area contributed by atoms with Gasteiger partial charge in [-0.1, -0.05) is 60.7 Å². The Balaban J connectivity index is 1.10. The molecule has 35 heavy (non-hydrogen) atoms.